The first kappa shape index (κ1) is 26.2. The highest BCUT2D eigenvalue weighted by molar-refractivity contribution is 7.99. The van der Waals surface area contributed by atoms with Gasteiger partial charge in [-0.25, -0.2) is 5.43 Å². The molecule has 0 radical (unpaired) electrons. The summed E-state index contributed by atoms with van der Waals surface area (Å²) in [4.78, 5) is 12.6. The first-order valence-corrected chi connectivity index (χ1v) is 13.1. The molecule has 8 nitrogen and oxygen atoms in total. The minimum atomic E-state index is -0.274. The number of carbonyl (C=O) groups is 1. The molecule has 0 unspecified atom stereocenters. The minimum Gasteiger partial charge on any atom is -0.508 e. The molecule has 0 spiro atoms. The number of thioether (sulfide) groups is 1. The summed E-state index contributed by atoms with van der Waals surface area (Å²) >= 11 is 7.33. The first-order valence-electron chi connectivity index (χ1n) is 11.7. The zero-order chi connectivity index (χ0) is 26.2. The van der Waals surface area contributed by atoms with E-state index < -0.39 is 0 Å². The van der Waals surface area contributed by atoms with E-state index in [0.29, 0.717) is 34.7 Å². The van der Waals surface area contributed by atoms with E-state index in [1.807, 2.05) is 54.8 Å². The molecule has 0 atom stereocenters. The van der Waals surface area contributed by atoms with Crippen LogP contribution in [0.4, 0.5) is 0 Å². The zero-order valence-electron chi connectivity index (χ0n) is 20.4. The normalized spacial score (nSPS) is 11.4. The number of benzene rings is 3. The summed E-state index contributed by atoms with van der Waals surface area (Å²) in [6, 6.07) is 21.7. The van der Waals surface area contributed by atoms with Crippen LogP contribution in [0.1, 0.15) is 25.8 Å². The van der Waals surface area contributed by atoms with Crippen molar-refractivity contribution >= 4 is 35.0 Å². The van der Waals surface area contributed by atoms with Gasteiger partial charge in [-0.1, -0.05) is 30.3 Å². The average molecular weight is 536 g/mol. The number of phenolic OH excluding ortho intramolecular Hbond substituents is 1. The number of halogens is 1. The molecule has 1 heterocycles. The van der Waals surface area contributed by atoms with Crippen LogP contribution in [0.5, 0.6) is 11.5 Å². The molecule has 37 heavy (non-hydrogen) atoms. The molecule has 0 aliphatic heterocycles. The van der Waals surface area contributed by atoms with Gasteiger partial charge in [0.05, 0.1) is 18.1 Å². The summed E-state index contributed by atoms with van der Waals surface area (Å²) in [7, 11) is 0. The SMILES string of the molecule is CCOc1ccc(-n2c(SCC(=O)N/N=C(\CC)c3ccc(O)cc3)nnc2-c2ccc(Cl)cc2)cc1. The summed E-state index contributed by atoms with van der Waals surface area (Å²) in [6.07, 6.45) is 0.620. The number of hydrogen-bond donors (Lipinski definition) is 2. The van der Waals surface area contributed by atoms with Crippen LogP contribution in [-0.2, 0) is 4.79 Å². The summed E-state index contributed by atoms with van der Waals surface area (Å²) < 4.78 is 7.47. The summed E-state index contributed by atoms with van der Waals surface area (Å²) in [6.45, 7) is 4.46. The van der Waals surface area contributed by atoms with E-state index in [0.717, 1.165) is 22.6 Å². The maximum Gasteiger partial charge on any atom is 0.250 e. The predicted molar refractivity (Wildman–Crippen MR) is 147 cm³/mol. The van der Waals surface area contributed by atoms with Gasteiger partial charge in [0.15, 0.2) is 11.0 Å². The molecule has 0 saturated heterocycles. The molecular formula is C27H26ClN5O3S. The van der Waals surface area contributed by atoms with E-state index in [4.69, 9.17) is 16.3 Å². The van der Waals surface area contributed by atoms with Crippen LogP contribution in [0.15, 0.2) is 83.1 Å². The largest absolute Gasteiger partial charge is 0.508 e. The van der Waals surface area contributed by atoms with Gasteiger partial charge in [0.1, 0.15) is 11.5 Å². The van der Waals surface area contributed by atoms with Gasteiger partial charge in [0.25, 0.3) is 5.91 Å². The van der Waals surface area contributed by atoms with Crippen LogP contribution in [0.3, 0.4) is 0 Å². The number of amides is 1. The molecular weight excluding hydrogens is 510 g/mol. The Hall–Kier alpha value is -3.82. The van der Waals surface area contributed by atoms with Crippen molar-refractivity contribution in [2.45, 2.75) is 25.4 Å². The monoisotopic (exact) mass is 535 g/mol. The average Bonchev–Trinajstić information content (AvgIpc) is 3.34. The molecule has 1 amide bonds. The van der Waals surface area contributed by atoms with E-state index in [1.54, 1.807) is 36.4 Å². The van der Waals surface area contributed by atoms with Gasteiger partial charge < -0.3 is 9.84 Å². The topological polar surface area (TPSA) is 102 Å². The lowest BCUT2D eigenvalue weighted by molar-refractivity contribution is -0.118. The Bertz CT molecular complexity index is 1370. The fraction of sp³-hybridized carbons (Fsp3) is 0.185. The van der Waals surface area contributed by atoms with Gasteiger partial charge in [0, 0.05) is 16.3 Å². The highest BCUT2D eigenvalue weighted by Gasteiger charge is 2.18. The van der Waals surface area contributed by atoms with E-state index >= 15 is 0 Å². The summed E-state index contributed by atoms with van der Waals surface area (Å²) in [5, 5.41) is 23.7. The number of phenols is 1. The lowest BCUT2D eigenvalue weighted by atomic mass is 10.1. The lowest BCUT2D eigenvalue weighted by Gasteiger charge is -2.11. The molecule has 4 aromatic rings. The third-order valence-electron chi connectivity index (χ3n) is 5.33. The van der Waals surface area contributed by atoms with Crippen LogP contribution in [-0.4, -0.2) is 43.8 Å². The standard InChI is InChI=1S/C27H26ClN5O3S/c1-3-24(18-7-13-22(34)14-8-18)29-30-25(35)17-37-27-32-31-26(19-5-9-20(28)10-6-19)33(27)21-11-15-23(16-12-21)36-4-2/h5-16,34H,3-4,17H2,1-2H3,(H,30,35)/b29-24+. The fourth-order valence-electron chi connectivity index (χ4n) is 3.53. The highest BCUT2D eigenvalue weighted by atomic mass is 35.5. The van der Waals surface area contributed by atoms with E-state index in [2.05, 4.69) is 20.7 Å². The molecule has 0 saturated carbocycles. The summed E-state index contributed by atoms with van der Waals surface area (Å²) in [5.41, 5.74) is 5.83. The van der Waals surface area contributed by atoms with Crippen molar-refractivity contribution in [3.63, 3.8) is 0 Å². The van der Waals surface area contributed by atoms with Gasteiger partial charge in [0.2, 0.25) is 0 Å². The lowest BCUT2D eigenvalue weighted by Crippen LogP contribution is -2.22. The van der Waals surface area contributed by atoms with Gasteiger partial charge in [-0.2, -0.15) is 5.10 Å². The predicted octanol–water partition coefficient (Wildman–Crippen LogP) is 5.71. The molecule has 10 heteroatoms. The number of hydrogen-bond acceptors (Lipinski definition) is 7. The van der Waals surface area contributed by atoms with Crippen LogP contribution >= 0.6 is 23.4 Å². The Morgan fingerprint density at radius 3 is 2.38 bits per heavy atom. The van der Waals surface area contributed by atoms with Gasteiger partial charge >= 0.3 is 0 Å². The van der Waals surface area contributed by atoms with Crippen molar-refractivity contribution < 1.29 is 14.6 Å². The maximum absolute atomic E-state index is 12.6. The summed E-state index contributed by atoms with van der Waals surface area (Å²) in [5.74, 6) is 1.38. The van der Waals surface area contributed by atoms with Crippen molar-refractivity contribution in [2.75, 3.05) is 12.4 Å². The number of nitrogens with zero attached hydrogens (tertiary/aromatic N) is 4. The molecule has 0 aliphatic rings. The Morgan fingerprint density at radius 1 is 1.03 bits per heavy atom. The van der Waals surface area contributed by atoms with E-state index in [-0.39, 0.29) is 17.4 Å². The van der Waals surface area contributed by atoms with Crippen molar-refractivity contribution in [1.29, 1.82) is 0 Å². The number of aromatic hydroxyl groups is 1. The fourth-order valence-corrected chi connectivity index (χ4v) is 4.40. The second-order valence-corrected chi connectivity index (χ2v) is 9.24. The Kier molecular flexibility index (Phi) is 8.81. The molecule has 2 N–H and O–H groups in total. The Morgan fingerprint density at radius 2 is 1.73 bits per heavy atom. The Balaban J connectivity index is 1.54. The van der Waals surface area contributed by atoms with Crippen molar-refractivity contribution in [3.8, 4) is 28.6 Å². The smallest absolute Gasteiger partial charge is 0.250 e. The highest BCUT2D eigenvalue weighted by Crippen LogP contribution is 2.29. The zero-order valence-corrected chi connectivity index (χ0v) is 22.0. The van der Waals surface area contributed by atoms with Gasteiger partial charge in [-0.15, -0.1) is 10.2 Å². The van der Waals surface area contributed by atoms with Gasteiger partial charge in [-0.05, 0) is 91.7 Å². The second kappa shape index (κ2) is 12.4. The third kappa shape index (κ3) is 6.69. The quantitative estimate of drug-likeness (QED) is 0.153. The number of aromatic nitrogens is 3. The second-order valence-electron chi connectivity index (χ2n) is 7.86. The molecule has 0 aliphatic carbocycles. The molecule has 1 aromatic heterocycles. The number of nitrogens with one attached hydrogen (secondary N) is 1. The van der Waals surface area contributed by atoms with Crippen LogP contribution in [0, 0.1) is 0 Å². The number of hydrazone groups is 1. The van der Waals surface area contributed by atoms with Crippen LogP contribution < -0.4 is 10.2 Å². The van der Waals surface area contributed by atoms with Crippen LogP contribution in [0.25, 0.3) is 17.1 Å². The van der Waals surface area contributed by atoms with Crippen molar-refractivity contribution in [1.82, 2.24) is 20.2 Å². The number of carbonyl (C=O) groups excluding carboxylic acids is 1. The minimum absolute atomic E-state index is 0.0891. The molecule has 4 rings (SSSR count). The first-order chi connectivity index (χ1) is 18.0. The van der Waals surface area contributed by atoms with Crippen molar-refractivity contribution in [2.24, 2.45) is 5.10 Å². The van der Waals surface area contributed by atoms with E-state index in [1.165, 1.54) is 11.8 Å². The van der Waals surface area contributed by atoms with Crippen LogP contribution in [0.2, 0.25) is 5.02 Å². The van der Waals surface area contributed by atoms with E-state index in [9.17, 15) is 9.90 Å². The molecule has 190 valence electrons. The molecule has 0 bridgehead atoms. The molecule has 0 fully saturated rings. The number of rotatable bonds is 10. The van der Waals surface area contributed by atoms with Crippen molar-refractivity contribution in [3.05, 3.63) is 83.4 Å². The van der Waals surface area contributed by atoms with Gasteiger partial charge in [-0.3, -0.25) is 9.36 Å². The third-order valence-corrected chi connectivity index (χ3v) is 6.51. The number of ether oxygens (including phenoxy) is 1. The Labute approximate surface area is 224 Å². The maximum atomic E-state index is 12.6. The molecule has 3 aromatic carbocycles.